The molecule has 0 spiro atoms. The SMILES string of the molecule is CCCCCCCC/C=C\CCCCCCCCCC(=O)OCC(O)COP(=O)(O)OCCNC(=O)CCCCCC. The van der Waals surface area contributed by atoms with Crippen LogP contribution in [0.5, 0.6) is 0 Å². The Morgan fingerprint density at radius 3 is 1.81 bits per heavy atom. The van der Waals surface area contributed by atoms with E-state index in [1.54, 1.807) is 0 Å². The number of hydrogen-bond donors (Lipinski definition) is 3. The summed E-state index contributed by atoms with van der Waals surface area (Å²) in [6.07, 6.45) is 26.2. The summed E-state index contributed by atoms with van der Waals surface area (Å²) < 4.78 is 26.5. The first-order valence-electron chi connectivity index (χ1n) is 16.7. The zero-order valence-corrected chi connectivity index (χ0v) is 27.6. The van der Waals surface area contributed by atoms with Crippen LogP contribution in [0.2, 0.25) is 0 Å². The molecule has 3 N–H and O–H groups in total. The number of nitrogens with one attached hydrogen (secondary N) is 1. The van der Waals surface area contributed by atoms with Crippen molar-refractivity contribution in [2.45, 2.75) is 155 Å². The number of phosphoric acid groups is 1. The van der Waals surface area contributed by atoms with Gasteiger partial charge in [0.15, 0.2) is 0 Å². The number of rotatable bonds is 31. The highest BCUT2D eigenvalue weighted by molar-refractivity contribution is 7.47. The van der Waals surface area contributed by atoms with Crippen LogP contribution in [0.15, 0.2) is 12.2 Å². The molecule has 0 radical (unpaired) electrons. The number of aliphatic hydroxyl groups is 1. The number of carbonyl (C=O) groups is 2. The van der Waals surface area contributed by atoms with Gasteiger partial charge < -0.3 is 20.1 Å². The van der Waals surface area contributed by atoms with E-state index in [9.17, 15) is 24.2 Å². The predicted molar refractivity (Wildman–Crippen MR) is 169 cm³/mol. The molecule has 0 saturated heterocycles. The van der Waals surface area contributed by atoms with Gasteiger partial charge in [-0.2, -0.15) is 0 Å². The number of aliphatic hydroxyl groups excluding tert-OH is 1. The van der Waals surface area contributed by atoms with Crippen molar-refractivity contribution in [2.24, 2.45) is 0 Å². The minimum atomic E-state index is -4.39. The molecule has 0 aromatic rings. The second kappa shape index (κ2) is 29.8. The number of carbonyl (C=O) groups excluding carboxylic acids is 2. The van der Waals surface area contributed by atoms with Gasteiger partial charge in [0.25, 0.3) is 0 Å². The van der Waals surface area contributed by atoms with Crippen LogP contribution in [0.3, 0.4) is 0 Å². The first-order valence-corrected chi connectivity index (χ1v) is 18.2. The first-order chi connectivity index (χ1) is 20.3. The van der Waals surface area contributed by atoms with E-state index in [4.69, 9.17) is 13.8 Å². The van der Waals surface area contributed by atoms with Gasteiger partial charge in [0, 0.05) is 19.4 Å². The number of allylic oxidation sites excluding steroid dienone is 2. The monoisotopic (exact) mass is 619 g/mol. The summed E-state index contributed by atoms with van der Waals surface area (Å²) in [5, 5.41) is 12.5. The number of esters is 1. The highest BCUT2D eigenvalue weighted by atomic mass is 31.2. The van der Waals surface area contributed by atoms with E-state index in [1.807, 2.05) is 0 Å². The number of phosphoric ester groups is 1. The Morgan fingerprint density at radius 1 is 0.714 bits per heavy atom. The van der Waals surface area contributed by atoms with Gasteiger partial charge in [0.05, 0.1) is 13.2 Å². The maximum atomic E-state index is 11.9. The number of unbranched alkanes of at least 4 members (excludes halogenated alkanes) is 16. The van der Waals surface area contributed by atoms with Crippen molar-refractivity contribution in [2.75, 3.05) is 26.4 Å². The van der Waals surface area contributed by atoms with Gasteiger partial charge in [-0.25, -0.2) is 4.57 Å². The number of ether oxygens (including phenoxy) is 1. The van der Waals surface area contributed by atoms with Crippen LogP contribution in [0.1, 0.15) is 149 Å². The van der Waals surface area contributed by atoms with Crippen LogP contribution in [0.4, 0.5) is 0 Å². The normalized spacial score (nSPS) is 13.7. The fourth-order valence-corrected chi connectivity index (χ4v) is 5.13. The minimum Gasteiger partial charge on any atom is -0.463 e. The van der Waals surface area contributed by atoms with E-state index in [-0.39, 0.29) is 32.1 Å². The topological polar surface area (TPSA) is 131 Å². The molecule has 0 aliphatic carbocycles. The summed E-state index contributed by atoms with van der Waals surface area (Å²) in [5.41, 5.74) is 0. The van der Waals surface area contributed by atoms with Crippen molar-refractivity contribution >= 4 is 19.7 Å². The van der Waals surface area contributed by atoms with Gasteiger partial charge in [0.2, 0.25) is 5.91 Å². The third-order valence-electron chi connectivity index (χ3n) is 6.95. The molecular weight excluding hydrogens is 557 g/mol. The fourth-order valence-electron chi connectivity index (χ4n) is 4.37. The van der Waals surface area contributed by atoms with Crippen LogP contribution in [-0.4, -0.2) is 54.3 Å². The molecule has 0 aromatic carbocycles. The lowest BCUT2D eigenvalue weighted by Crippen LogP contribution is -2.27. The molecule has 0 fully saturated rings. The second-order valence-electron chi connectivity index (χ2n) is 11.1. The van der Waals surface area contributed by atoms with Gasteiger partial charge in [0.1, 0.15) is 12.7 Å². The molecule has 248 valence electrons. The summed E-state index contributed by atoms with van der Waals surface area (Å²) in [6, 6.07) is 0. The molecule has 0 rings (SSSR count). The molecule has 0 heterocycles. The summed E-state index contributed by atoms with van der Waals surface area (Å²) >= 11 is 0. The Labute approximate surface area is 256 Å². The Morgan fingerprint density at radius 2 is 1.21 bits per heavy atom. The van der Waals surface area contributed by atoms with Gasteiger partial charge in [-0.15, -0.1) is 0 Å². The third kappa shape index (κ3) is 30.2. The number of hydrogen-bond acceptors (Lipinski definition) is 7. The molecule has 2 unspecified atom stereocenters. The molecule has 10 heteroatoms. The van der Waals surface area contributed by atoms with E-state index in [0.717, 1.165) is 44.9 Å². The van der Waals surface area contributed by atoms with Crippen LogP contribution in [0, 0.1) is 0 Å². The second-order valence-corrected chi connectivity index (χ2v) is 12.6. The van der Waals surface area contributed by atoms with Crippen molar-refractivity contribution < 1.29 is 37.9 Å². The third-order valence-corrected chi connectivity index (χ3v) is 7.93. The lowest BCUT2D eigenvalue weighted by molar-refractivity contribution is -0.147. The highest BCUT2D eigenvalue weighted by Gasteiger charge is 2.23. The van der Waals surface area contributed by atoms with Gasteiger partial charge in [-0.3, -0.25) is 18.6 Å². The first kappa shape index (κ1) is 40.8. The van der Waals surface area contributed by atoms with Gasteiger partial charge in [-0.05, 0) is 38.5 Å². The van der Waals surface area contributed by atoms with Crippen molar-refractivity contribution in [1.82, 2.24) is 5.32 Å². The van der Waals surface area contributed by atoms with Crippen LogP contribution < -0.4 is 5.32 Å². The van der Waals surface area contributed by atoms with Crippen LogP contribution in [0.25, 0.3) is 0 Å². The maximum absolute atomic E-state index is 11.9. The quantitative estimate of drug-likeness (QED) is 0.0309. The maximum Gasteiger partial charge on any atom is 0.472 e. The predicted octanol–water partition coefficient (Wildman–Crippen LogP) is 7.93. The Bertz CT molecular complexity index is 719. The molecule has 0 aliphatic heterocycles. The Balaban J connectivity index is 3.60. The zero-order valence-electron chi connectivity index (χ0n) is 26.7. The molecule has 0 bridgehead atoms. The number of amides is 1. The minimum absolute atomic E-state index is 0.0810. The fraction of sp³-hybridized carbons (Fsp3) is 0.875. The van der Waals surface area contributed by atoms with Crippen molar-refractivity contribution in [3.8, 4) is 0 Å². The van der Waals surface area contributed by atoms with E-state index in [2.05, 4.69) is 31.3 Å². The van der Waals surface area contributed by atoms with Crippen LogP contribution >= 0.6 is 7.82 Å². The molecule has 0 aromatic heterocycles. The molecule has 2 atom stereocenters. The largest absolute Gasteiger partial charge is 0.472 e. The molecule has 9 nitrogen and oxygen atoms in total. The molecular formula is C32H62NO8P. The molecule has 1 amide bonds. The average molecular weight is 620 g/mol. The lowest BCUT2D eigenvalue weighted by atomic mass is 10.1. The van der Waals surface area contributed by atoms with E-state index < -0.39 is 26.5 Å². The van der Waals surface area contributed by atoms with Crippen molar-refractivity contribution in [3.63, 3.8) is 0 Å². The molecule has 42 heavy (non-hydrogen) atoms. The summed E-state index contributed by atoms with van der Waals surface area (Å²) in [5.74, 6) is -0.538. The lowest BCUT2D eigenvalue weighted by Gasteiger charge is -2.15. The van der Waals surface area contributed by atoms with E-state index in [1.165, 1.54) is 77.0 Å². The Kier molecular flexibility index (Phi) is 28.9. The summed E-state index contributed by atoms with van der Waals surface area (Å²) in [7, 11) is -4.39. The summed E-state index contributed by atoms with van der Waals surface area (Å²) in [6.45, 7) is 3.40. The smallest absolute Gasteiger partial charge is 0.463 e. The van der Waals surface area contributed by atoms with Crippen molar-refractivity contribution in [3.05, 3.63) is 12.2 Å². The van der Waals surface area contributed by atoms with Crippen molar-refractivity contribution in [1.29, 1.82) is 0 Å². The summed E-state index contributed by atoms with van der Waals surface area (Å²) in [4.78, 5) is 33.3. The van der Waals surface area contributed by atoms with Gasteiger partial charge >= 0.3 is 13.8 Å². The van der Waals surface area contributed by atoms with Gasteiger partial charge in [-0.1, -0.05) is 109 Å². The standard InChI is InChI=1S/C32H62NO8P/c1-3-5-7-9-10-11-12-13-14-15-16-17-18-19-20-21-23-25-32(36)39-28-30(34)29-41-42(37,38)40-27-26-33-31(35)24-22-8-6-4-2/h13-14,30,34H,3-12,15-29H2,1-2H3,(H,33,35)(H,37,38)/b14-13-. The Hall–Kier alpha value is -1.25. The zero-order chi connectivity index (χ0) is 31.2. The van der Waals surface area contributed by atoms with E-state index in [0.29, 0.717) is 6.42 Å². The van der Waals surface area contributed by atoms with Crippen LogP contribution in [-0.2, 0) is 27.9 Å². The average Bonchev–Trinajstić information content (AvgIpc) is 2.97. The van der Waals surface area contributed by atoms with E-state index >= 15 is 0 Å². The highest BCUT2D eigenvalue weighted by Crippen LogP contribution is 2.42. The molecule has 0 saturated carbocycles. The molecule has 0 aliphatic rings.